The van der Waals surface area contributed by atoms with Crippen LogP contribution in [0.4, 0.5) is 11.4 Å². The second kappa shape index (κ2) is 12.6. The molecule has 0 fully saturated rings. The van der Waals surface area contributed by atoms with E-state index in [9.17, 15) is 0 Å². The van der Waals surface area contributed by atoms with E-state index in [1.807, 2.05) is 0 Å². The van der Waals surface area contributed by atoms with Crippen LogP contribution in [0, 0.1) is 0 Å². The first-order valence-corrected chi connectivity index (χ1v) is 22.0. The Kier molecular flexibility index (Phi) is 7.83. The zero-order valence-corrected chi connectivity index (χ0v) is 36.6. The lowest BCUT2D eigenvalue weighted by Crippen LogP contribution is -2.38. The Bertz CT molecular complexity index is 3080. The van der Waals surface area contributed by atoms with Crippen molar-refractivity contribution in [2.75, 3.05) is 5.32 Å². The molecule has 0 saturated carbocycles. The van der Waals surface area contributed by atoms with Gasteiger partial charge in [-0.1, -0.05) is 159 Å². The fourth-order valence-electron chi connectivity index (χ4n) is 11.0. The van der Waals surface area contributed by atoms with Gasteiger partial charge in [-0.05, 0) is 133 Å². The smallest absolute Gasteiger partial charge is 0.197 e. The van der Waals surface area contributed by atoms with E-state index in [4.69, 9.17) is 0 Å². The van der Waals surface area contributed by atoms with Crippen LogP contribution in [0.2, 0.25) is 0 Å². The Morgan fingerprint density at radius 2 is 1.22 bits per heavy atom. The third-order valence-corrected chi connectivity index (χ3v) is 14.6. The van der Waals surface area contributed by atoms with Gasteiger partial charge in [-0.25, -0.2) is 0 Å². The number of anilines is 2. The van der Waals surface area contributed by atoms with E-state index in [1.54, 1.807) is 0 Å². The molecule has 0 bridgehead atoms. The molecule has 2 heterocycles. The lowest BCUT2D eigenvalue weighted by molar-refractivity contribution is 0.332. The van der Waals surface area contributed by atoms with Gasteiger partial charge in [0.25, 0.3) is 0 Å². The quantitative estimate of drug-likeness (QED) is 0.176. The molecule has 0 amide bonds. The lowest BCUT2D eigenvalue weighted by Gasteiger charge is -2.42. The molecule has 295 valence electrons. The highest BCUT2D eigenvalue weighted by Crippen LogP contribution is 2.52. The highest BCUT2D eigenvalue weighted by molar-refractivity contribution is 6.73. The van der Waals surface area contributed by atoms with Crippen molar-refractivity contribution in [3.05, 3.63) is 161 Å². The van der Waals surface area contributed by atoms with Gasteiger partial charge in [0, 0.05) is 44.3 Å². The summed E-state index contributed by atoms with van der Waals surface area (Å²) in [5.41, 5.74) is 23.5. The SMILES string of the molecule is CC(C)(C)c1ccc(Nc2ccccc2-c2cc(-c3ccccc3)c3c4cc5c(cc4n4c3c2[B]c2cc3c(cc2-4)-c2ccccc2C3(C)C)C(C)(C)CCC5(C)C)cc1. The van der Waals surface area contributed by atoms with Crippen LogP contribution in [-0.4, -0.2) is 11.8 Å². The highest BCUT2D eigenvalue weighted by atomic mass is 15.0. The summed E-state index contributed by atoms with van der Waals surface area (Å²) < 4.78 is 2.67. The number of benzene rings is 7. The molecule has 2 nitrogen and oxygen atoms in total. The molecule has 1 N–H and O–H groups in total. The van der Waals surface area contributed by atoms with Crippen molar-refractivity contribution in [3.8, 4) is 39.1 Å². The summed E-state index contributed by atoms with van der Waals surface area (Å²) in [6.45, 7) is 21.4. The van der Waals surface area contributed by atoms with Crippen LogP contribution in [0.3, 0.4) is 0 Å². The van der Waals surface area contributed by atoms with Crippen LogP contribution >= 0.6 is 0 Å². The second-order valence-corrected chi connectivity index (χ2v) is 20.8. The van der Waals surface area contributed by atoms with Crippen LogP contribution in [-0.2, 0) is 21.7 Å². The first-order valence-electron chi connectivity index (χ1n) is 22.0. The molecule has 1 aromatic heterocycles. The van der Waals surface area contributed by atoms with Crippen molar-refractivity contribution < 1.29 is 0 Å². The fourth-order valence-corrected chi connectivity index (χ4v) is 11.0. The summed E-state index contributed by atoms with van der Waals surface area (Å²) in [4.78, 5) is 0. The number of rotatable bonds is 4. The van der Waals surface area contributed by atoms with Gasteiger partial charge < -0.3 is 9.88 Å². The van der Waals surface area contributed by atoms with Crippen molar-refractivity contribution in [2.24, 2.45) is 0 Å². The molecule has 0 saturated heterocycles. The van der Waals surface area contributed by atoms with Gasteiger partial charge in [0.15, 0.2) is 7.28 Å². The predicted molar refractivity (Wildman–Crippen MR) is 258 cm³/mol. The van der Waals surface area contributed by atoms with Crippen LogP contribution in [0.1, 0.15) is 103 Å². The van der Waals surface area contributed by atoms with E-state index in [0.29, 0.717) is 0 Å². The maximum atomic E-state index is 3.88. The van der Waals surface area contributed by atoms with Gasteiger partial charge in [0.05, 0.1) is 5.52 Å². The summed E-state index contributed by atoms with van der Waals surface area (Å²) in [5.74, 6) is 0. The molecule has 2 aliphatic carbocycles. The lowest BCUT2D eigenvalue weighted by atomic mass is 9.58. The molecule has 60 heavy (non-hydrogen) atoms. The third-order valence-electron chi connectivity index (χ3n) is 14.6. The topological polar surface area (TPSA) is 17.0 Å². The Hall–Kier alpha value is -5.80. The maximum Gasteiger partial charge on any atom is 0.197 e. The molecule has 0 unspecified atom stereocenters. The summed E-state index contributed by atoms with van der Waals surface area (Å²) in [5, 5.41) is 6.55. The Morgan fingerprint density at radius 3 is 1.93 bits per heavy atom. The minimum atomic E-state index is -0.100. The van der Waals surface area contributed by atoms with Crippen molar-refractivity contribution in [2.45, 2.75) is 96.8 Å². The van der Waals surface area contributed by atoms with Gasteiger partial charge in [0.1, 0.15) is 0 Å². The number of hydrogen-bond acceptors (Lipinski definition) is 1. The summed E-state index contributed by atoms with van der Waals surface area (Å²) in [6, 6.07) is 50.8. The molecule has 11 rings (SSSR count). The Balaban J connectivity index is 1.25. The molecule has 0 spiro atoms. The molecule has 1 radical (unpaired) electrons. The number of nitrogens with one attached hydrogen (secondary N) is 1. The molecule has 0 atom stereocenters. The van der Waals surface area contributed by atoms with Crippen molar-refractivity contribution in [1.29, 1.82) is 0 Å². The van der Waals surface area contributed by atoms with Gasteiger partial charge >= 0.3 is 0 Å². The largest absolute Gasteiger partial charge is 0.355 e. The first-order chi connectivity index (χ1) is 28.6. The van der Waals surface area contributed by atoms with E-state index in [-0.39, 0.29) is 21.7 Å². The van der Waals surface area contributed by atoms with E-state index in [2.05, 4.69) is 213 Å². The normalized spacial score (nSPS) is 16.5. The van der Waals surface area contributed by atoms with E-state index in [1.165, 1.54) is 112 Å². The Labute approximate surface area is 356 Å². The number of nitrogens with zero attached hydrogens (tertiary/aromatic N) is 1. The van der Waals surface area contributed by atoms with E-state index < -0.39 is 0 Å². The van der Waals surface area contributed by atoms with Gasteiger partial charge in [0.2, 0.25) is 0 Å². The number of fused-ring (bicyclic) bond motifs is 9. The van der Waals surface area contributed by atoms with Gasteiger partial charge in [-0.15, -0.1) is 0 Å². The second-order valence-electron chi connectivity index (χ2n) is 20.8. The number of hydrogen-bond donors (Lipinski definition) is 1. The Morgan fingerprint density at radius 1 is 0.567 bits per heavy atom. The predicted octanol–water partition coefficient (Wildman–Crippen LogP) is 13.8. The van der Waals surface area contributed by atoms with Gasteiger partial charge in [-0.3, -0.25) is 0 Å². The molecule has 8 aromatic rings. The summed E-state index contributed by atoms with van der Waals surface area (Å²) in [6.07, 6.45) is 2.36. The molecule has 7 aromatic carbocycles. The minimum absolute atomic E-state index is 0.0756. The van der Waals surface area contributed by atoms with Crippen LogP contribution in [0.25, 0.3) is 60.9 Å². The van der Waals surface area contributed by atoms with Crippen molar-refractivity contribution in [1.82, 2.24) is 4.57 Å². The average Bonchev–Trinajstić information content (AvgIpc) is 3.68. The number of para-hydroxylation sites is 1. The van der Waals surface area contributed by atoms with E-state index >= 15 is 0 Å². The highest BCUT2D eigenvalue weighted by Gasteiger charge is 2.41. The molecule has 3 heteroatoms. The monoisotopic (exact) mass is 777 g/mol. The summed E-state index contributed by atoms with van der Waals surface area (Å²) >= 11 is 0. The van der Waals surface area contributed by atoms with Crippen molar-refractivity contribution >= 4 is 51.4 Å². The standard InChI is InChI=1S/C57H54BN2/c1-54(2,3)35-23-25-36(26-24-35)59-48-22-16-14-20-38(48)41-29-39(34-17-11-10-12-18-34)51-42-30-45-46(56(6,7)28-27-55(45,4)5)33-49(42)60-50-31-40-37-19-13-15-21-43(37)57(8,9)44(40)32-47(50)58-52(41)53(51)60/h10-26,29-33,59H,27-28H2,1-9H3. The van der Waals surface area contributed by atoms with E-state index in [0.717, 1.165) is 11.4 Å². The van der Waals surface area contributed by atoms with Crippen LogP contribution in [0.15, 0.2) is 133 Å². The maximum absolute atomic E-state index is 3.88. The third kappa shape index (κ3) is 5.40. The summed E-state index contributed by atoms with van der Waals surface area (Å²) in [7, 11) is 2.52. The molecular weight excluding hydrogens is 723 g/mol. The van der Waals surface area contributed by atoms with Gasteiger partial charge in [-0.2, -0.15) is 0 Å². The molecule has 3 aliphatic rings. The fraction of sp³-hybridized carbons (Fsp3) is 0.263. The zero-order chi connectivity index (χ0) is 41.5. The van der Waals surface area contributed by atoms with Crippen LogP contribution < -0.4 is 16.2 Å². The molecule has 1 aliphatic heterocycles. The zero-order valence-electron chi connectivity index (χ0n) is 36.6. The first kappa shape index (κ1) is 37.2. The average molecular weight is 778 g/mol. The van der Waals surface area contributed by atoms with Crippen molar-refractivity contribution in [3.63, 3.8) is 0 Å². The number of aromatic nitrogens is 1. The minimum Gasteiger partial charge on any atom is -0.355 e. The van der Waals surface area contributed by atoms with Crippen LogP contribution in [0.5, 0.6) is 0 Å². The molecular formula is C57H54BN2.